The lowest BCUT2D eigenvalue weighted by Crippen LogP contribution is -2.37. The van der Waals surface area contributed by atoms with E-state index in [-0.39, 0.29) is 12.6 Å². The summed E-state index contributed by atoms with van der Waals surface area (Å²) in [7, 11) is 1.76. The second-order valence-electron chi connectivity index (χ2n) is 4.87. The van der Waals surface area contributed by atoms with Gasteiger partial charge in [0, 0.05) is 26.3 Å². The van der Waals surface area contributed by atoms with Gasteiger partial charge in [0.25, 0.3) is 0 Å². The number of nitrogens with zero attached hydrogens (tertiary/aromatic N) is 3. The maximum absolute atomic E-state index is 11.9. The predicted molar refractivity (Wildman–Crippen MR) is 64.2 cm³/mol. The first-order valence-corrected chi connectivity index (χ1v) is 5.69. The summed E-state index contributed by atoms with van der Waals surface area (Å²) in [5.74, 6) is -0.862. The number of hydrogen-bond acceptors (Lipinski definition) is 3. The van der Waals surface area contributed by atoms with Gasteiger partial charge in [-0.05, 0) is 13.3 Å². The number of hydrogen-bond donors (Lipinski definition) is 2. The molecule has 1 aromatic heterocycles. The van der Waals surface area contributed by atoms with Crippen molar-refractivity contribution in [3.63, 3.8) is 0 Å². The number of rotatable bonds is 2. The van der Waals surface area contributed by atoms with Crippen LogP contribution in [-0.2, 0) is 11.8 Å². The molecule has 18 heavy (non-hydrogen) atoms. The third kappa shape index (κ3) is 2.29. The minimum Gasteiger partial charge on any atom is -0.481 e. The number of carbonyl (C=O) groups is 2. The standard InChI is InChI=1S/C11H16N4O3/c1-11(9(16)17)3-4-15(7-11)10(18)13-8-5-12-14(2)6-8/h5-6H,3-4,7H2,1-2H3,(H,13,18)(H,16,17). The molecule has 1 aromatic rings. The van der Waals surface area contributed by atoms with Crippen LogP contribution < -0.4 is 5.32 Å². The summed E-state index contributed by atoms with van der Waals surface area (Å²) in [6.07, 6.45) is 3.71. The molecule has 1 unspecified atom stereocenters. The van der Waals surface area contributed by atoms with E-state index in [1.807, 2.05) is 0 Å². The van der Waals surface area contributed by atoms with E-state index in [0.717, 1.165) is 0 Å². The maximum atomic E-state index is 11.9. The number of aliphatic carboxylic acids is 1. The van der Waals surface area contributed by atoms with Crippen LogP contribution >= 0.6 is 0 Å². The van der Waals surface area contributed by atoms with Crippen molar-refractivity contribution in [3.05, 3.63) is 12.4 Å². The summed E-state index contributed by atoms with van der Waals surface area (Å²) in [6.45, 7) is 2.34. The van der Waals surface area contributed by atoms with Crippen LogP contribution in [-0.4, -0.2) is 44.9 Å². The third-order valence-electron chi connectivity index (χ3n) is 3.23. The number of aromatic nitrogens is 2. The summed E-state index contributed by atoms with van der Waals surface area (Å²) < 4.78 is 1.58. The molecule has 0 aromatic carbocycles. The van der Waals surface area contributed by atoms with E-state index in [9.17, 15) is 9.59 Å². The Morgan fingerprint density at radius 3 is 2.78 bits per heavy atom. The SMILES string of the molecule is Cn1cc(NC(=O)N2CCC(C)(C(=O)O)C2)cn1. The second-order valence-corrected chi connectivity index (χ2v) is 4.87. The van der Waals surface area contributed by atoms with Crippen molar-refractivity contribution < 1.29 is 14.7 Å². The summed E-state index contributed by atoms with van der Waals surface area (Å²) in [5, 5.41) is 15.7. The van der Waals surface area contributed by atoms with Crippen molar-refractivity contribution >= 4 is 17.7 Å². The van der Waals surface area contributed by atoms with Crippen molar-refractivity contribution in [2.75, 3.05) is 18.4 Å². The maximum Gasteiger partial charge on any atom is 0.321 e. The second kappa shape index (κ2) is 4.32. The minimum atomic E-state index is -0.862. The summed E-state index contributed by atoms with van der Waals surface area (Å²) in [5.41, 5.74) is -0.238. The molecule has 2 amide bonds. The fourth-order valence-corrected chi connectivity index (χ4v) is 2.00. The highest BCUT2D eigenvalue weighted by Crippen LogP contribution is 2.30. The molecule has 1 aliphatic heterocycles. The van der Waals surface area contributed by atoms with Crippen LogP contribution in [0.2, 0.25) is 0 Å². The van der Waals surface area contributed by atoms with Crippen LogP contribution in [0.4, 0.5) is 10.5 Å². The van der Waals surface area contributed by atoms with E-state index in [1.165, 1.54) is 4.90 Å². The predicted octanol–water partition coefficient (Wildman–Crippen LogP) is 0.749. The number of aryl methyl sites for hydroxylation is 1. The Bertz CT molecular complexity index is 484. The molecule has 1 fully saturated rings. The van der Waals surface area contributed by atoms with Crippen LogP contribution in [0.15, 0.2) is 12.4 Å². The van der Waals surface area contributed by atoms with Gasteiger partial charge in [-0.25, -0.2) is 4.79 Å². The number of urea groups is 1. The van der Waals surface area contributed by atoms with Crippen molar-refractivity contribution in [3.8, 4) is 0 Å². The first-order valence-electron chi connectivity index (χ1n) is 5.69. The molecule has 0 saturated carbocycles. The molecular formula is C11H16N4O3. The van der Waals surface area contributed by atoms with Crippen molar-refractivity contribution in [1.29, 1.82) is 0 Å². The fraction of sp³-hybridized carbons (Fsp3) is 0.545. The van der Waals surface area contributed by atoms with E-state index in [4.69, 9.17) is 5.11 Å². The molecule has 1 saturated heterocycles. The van der Waals surface area contributed by atoms with E-state index in [1.54, 1.807) is 31.0 Å². The van der Waals surface area contributed by atoms with Gasteiger partial charge in [-0.2, -0.15) is 5.10 Å². The number of carbonyl (C=O) groups excluding carboxylic acids is 1. The first-order chi connectivity index (χ1) is 8.40. The summed E-state index contributed by atoms with van der Waals surface area (Å²) >= 11 is 0. The van der Waals surface area contributed by atoms with Crippen LogP contribution in [0.5, 0.6) is 0 Å². The Kier molecular flexibility index (Phi) is 2.98. The van der Waals surface area contributed by atoms with Crippen LogP contribution in [0, 0.1) is 5.41 Å². The van der Waals surface area contributed by atoms with Gasteiger partial charge in [-0.1, -0.05) is 0 Å². The molecule has 1 aliphatic rings. The van der Waals surface area contributed by atoms with Gasteiger partial charge >= 0.3 is 12.0 Å². The van der Waals surface area contributed by atoms with Gasteiger partial charge in [0.15, 0.2) is 0 Å². The molecule has 1 atom stereocenters. The van der Waals surface area contributed by atoms with Crippen molar-refractivity contribution in [2.45, 2.75) is 13.3 Å². The lowest BCUT2D eigenvalue weighted by atomic mass is 9.90. The van der Waals surface area contributed by atoms with Crippen LogP contribution in [0.25, 0.3) is 0 Å². The molecule has 7 heteroatoms. The summed E-state index contributed by atoms with van der Waals surface area (Å²) in [6, 6.07) is -0.284. The molecule has 2 N–H and O–H groups in total. The highest BCUT2D eigenvalue weighted by molar-refractivity contribution is 5.90. The topological polar surface area (TPSA) is 87.5 Å². The van der Waals surface area contributed by atoms with Crippen molar-refractivity contribution in [2.24, 2.45) is 12.5 Å². The number of carboxylic acid groups (broad SMARTS) is 1. The molecular weight excluding hydrogens is 236 g/mol. The zero-order valence-corrected chi connectivity index (χ0v) is 10.4. The van der Waals surface area contributed by atoms with Gasteiger partial charge < -0.3 is 15.3 Å². The van der Waals surface area contributed by atoms with Crippen molar-refractivity contribution in [1.82, 2.24) is 14.7 Å². The van der Waals surface area contributed by atoms with Gasteiger partial charge in [-0.3, -0.25) is 9.48 Å². The average molecular weight is 252 g/mol. The Labute approximate surface area is 104 Å². The van der Waals surface area contributed by atoms with Crippen LogP contribution in [0.3, 0.4) is 0 Å². The van der Waals surface area contributed by atoms with E-state index >= 15 is 0 Å². The molecule has 2 heterocycles. The average Bonchev–Trinajstić information content (AvgIpc) is 2.86. The van der Waals surface area contributed by atoms with Gasteiger partial charge in [-0.15, -0.1) is 0 Å². The zero-order chi connectivity index (χ0) is 13.3. The van der Waals surface area contributed by atoms with Gasteiger partial charge in [0.1, 0.15) is 0 Å². The Balaban J connectivity index is 1.98. The van der Waals surface area contributed by atoms with E-state index < -0.39 is 11.4 Å². The highest BCUT2D eigenvalue weighted by atomic mass is 16.4. The minimum absolute atomic E-state index is 0.231. The zero-order valence-electron chi connectivity index (χ0n) is 10.4. The number of anilines is 1. The lowest BCUT2D eigenvalue weighted by molar-refractivity contribution is -0.146. The molecule has 98 valence electrons. The monoisotopic (exact) mass is 252 g/mol. The molecule has 2 rings (SSSR count). The first kappa shape index (κ1) is 12.4. The molecule has 0 spiro atoms. The molecule has 0 bridgehead atoms. The Hall–Kier alpha value is -2.05. The van der Waals surface area contributed by atoms with E-state index in [0.29, 0.717) is 18.7 Å². The summed E-state index contributed by atoms with van der Waals surface area (Å²) in [4.78, 5) is 24.5. The molecule has 7 nitrogen and oxygen atoms in total. The Morgan fingerprint density at radius 1 is 1.56 bits per heavy atom. The molecule has 0 aliphatic carbocycles. The largest absolute Gasteiger partial charge is 0.481 e. The quantitative estimate of drug-likeness (QED) is 0.813. The van der Waals surface area contributed by atoms with Gasteiger partial charge in [0.05, 0.1) is 17.3 Å². The smallest absolute Gasteiger partial charge is 0.321 e. The number of carboxylic acids is 1. The van der Waals surface area contributed by atoms with Crippen LogP contribution in [0.1, 0.15) is 13.3 Å². The third-order valence-corrected chi connectivity index (χ3v) is 3.23. The normalized spacial score (nSPS) is 23.1. The number of nitrogens with one attached hydrogen (secondary N) is 1. The fourth-order valence-electron chi connectivity index (χ4n) is 2.00. The highest BCUT2D eigenvalue weighted by Gasteiger charge is 2.42. The number of likely N-dealkylation sites (tertiary alicyclic amines) is 1. The Morgan fingerprint density at radius 2 is 2.28 bits per heavy atom. The van der Waals surface area contributed by atoms with E-state index in [2.05, 4.69) is 10.4 Å². The number of amides is 2. The van der Waals surface area contributed by atoms with Gasteiger partial charge in [0.2, 0.25) is 0 Å². The molecule has 0 radical (unpaired) electrons. The lowest BCUT2D eigenvalue weighted by Gasteiger charge is -2.20.